The van der Waals surface area contributed by atoms with Crippen molar-refractivity contribution in [3.8, 4) is 11.3 Å². The number of benzene rings is 1. The van der Waals surface area contributed by atoms with Crippen LogP contribution in [0.15, 0.2) is 29.6 Å². The fourth-order valence-electron chi connectivity index (χ4n) is 3.59. The van der Waals surface area contributed by atoms with Crippen LogP contribution in [0.3, 0.4) is 0 Å². The maximum Gasteiger partial charge on any atom is 0.408 e. The van der Waals surface area contributed by atoms with Crippen molar-refractivity contribution < 1.29 is 14.3 Å². The predicted molar refractivity (Wildman–Crippen MR) is 126 cm³/mol. The Bertz CT molecular complexity index is 906. The number of rotatable bonds is 6. The number of hydrogen-bond acceptors (Lipinski definition) is 6. The molecule has 1 fully saturated rings. The van der Waals surface area contributed by atoms with Gasteiger partial charge in [0.05, 0.1) is 5.69 Å². The number of alkyl carbamates (subject to hydrolysis) is 1. The van der Waals surface area contributed by atoms with Crippen LogP contribution < -0.4 is 15.5 Å². The highest BCUT2D eigenvalue weighted by molar-refractivity contribution is 7.14. The summed E-state index contributed by atoms with van der Waals surface area (Å²) in [6, 6.07) is 8.42. The Morgan fingerprint density at radius 1 is 1.32 bits per heavy atom. The summed E-state index contributed by atoms with van der Waals surface area (Å²) in [5, 5.41) is 7.61. The quantitative estimate of drug-likeness (QED) is 0.662. The van der Waals surface area contributed by atoms with Crippen molar-refractivity contribution in [2.75, 3.05) is 29.9 Å². The third-order valence-electron chi connectivity index (χ3n) is 5.15. The lowest BCUT2D eigenvalue weighted by Gasteiger charge is -2.34. The van der Waals surface area contributed by atoms with Crippen LogP contribution in [-0.2, 0) is 9.53 Å². The maximum absolute atomic E-state index is 12.1. The zero-order chi connectivity index (χ0) is 22.4. The molecule has 1 aromatic carbocycles. The van der Waals surface area contributed by atoms with Crippen molar-refractivity contribution in [1.82, 2.24) is 10.3 Å². The minimum Gasteiger partial charge on any atom is -0.444 e. The van der Waals surface area contributed by atoms with E-state index in [-0.39, 0.29) is 12.5 Å². The Morgan fingerprint density at radius 3 is 2.87 bits per heavy atom. The summed E-state index contributed by atoms with van der Waals surface area (Å²) in [6.45, 7) is 9.59. The molecule has 0 aliphatic carbocycles. The van der Waals surface area contributed by atoms with Gasteiger partial charge >= 0.3 is 6.09 Å². The fourth-order valence-corrected chi connectivity index (χ4v) is 4.32. The molecule has 7 nitrogen and oxygen atoms in total. The molecule has 2 N–H and O–H groups in total. The zero-order valence-corrected chi connectivity index (χ0v) is 19.6. The van der Waals surface area contributed by atoms with Gasteiger partial charge in [-0.15, -0.1) is 11.3 Å². The lowest BCUT2D eigenvalue weighted by Crippen LogP contribution is -2.37. The Balaban J connectivity index is 1.58. The molecule has 168 valence electrons. The van der Waals surface area contributed by atoms with E-state index in [1.165, 1.54) is 36.3 Å². The maximum atomic E-state index is 12.1. The summed E-state index contributed by atoms with van der Waals surface area (Å²) < 4.78 is 5.13. The average Bonchev–Trinajstić information content (AvgIpc) is 3.19. The Labute approximate surface area is 188 Å². The van der Waals surface area contributed by atoms with Crippen molar-refractivity contribution in [3.63, 3.8) is 0 Å². The van der Waals surface area contributed by atoms with E-state index in [1.807, 2.05) is 11.4 Å². The number of amides is 2. The molecule has 8 heteroatoms. The topological polar surface area (TPSA) is 83.6 Å². The molecule has 2 heterocycles. The molecule has 1 aliphatic heterocycles. The summed E-state index contributed by atoms with van der Waals surface area (Å²) in [5.41, 5.74) is 2.46. The number of nitrogens with one attached hydrogen (secondary N) is 2. The molecule has 0 saturated carbocycles. The number of hydrogen-bond donors (Lipinski definition) is 2. The van der Waals surface area contributed by atoms with Gasteiger partial charge in [-0.3, -0.25) is 4.79 Å². The monoisotopic (exact) mass is 444 g/mol. The second kappa shape index (κ2) is 10.1. The van der Waals surface area contributed by atoms with Gasteiger partial charge in [-0.25, -0.2) is 9.78 Å². The molecule has 31 heavy (non-hydrogen) atoms. The van der Waals surface area contributed by atoms with Crippen LogP contribution in [0, 0.1) is 5.92 Å². The zero-order valence-electron chi connectivity index (χ0n) is 18.7. The standard InChI is InChI=1S/C23H32N4O3S/c1-5-16-8-7-11-27(14-16)18-10-6-9-17(12-18)19-15-31-21(25-19)26-20(28)13-24-22(29)30-23(2,3)4/h6,9-10,12,15-16H,5,7-8,11,13-14H2,1-4H3,(H,24,29)(H,25,26,28)/t16-/m1/s1. The second-order valence-corrected chi connectivity index (χ2v) is 9.71. The largest absolute Gasteiger partial charge is 0.444 e. The molecule has 0 radical (unpaired) electrons. The van der Waals surface area contributed by atoms with Crippen LogP contribution in [-0.4, -0.2) is 42.2 Å². The van der Waals surface area contributed by atoms with E-state index in [9.17, 15) is 9.59 Å². The molecule has 3 rings (SSSR count). The summed E-state index contributed by atoms with van der Waals surface area (Å²) in [5.74, 6) is 0.409. The van der Waals surface area contributed by atoms with Crippen molar-refractivity contribution in [2.24, 2.45) is 5.92 Å². The van der Waals surface area contributed by atoms with Crippen LogP contribution in [0.1, 0.15) is 47.0 Å². The first-order valence-electron chi connectivity index (χ1n) is 10.8. The van der Waals surface area contributed by atoms with E-state index in [1.54, 1.807) is 20.8 Å². The molecule has 0 unspecified atom stereocenters. The van der Waals surface area contributed by atoms with Crippen LogP contribution in [0.4, 0.5) is 15.6 Å². The molecule has 1 saturated heterocycles. The van der Waals surface area contributed by atoms with E-state index >= 15 is 0 Å². The third kappa shape index (κ3) is 6.95. The Hall–Kier alpha value is -2.61. The molecule has 1 aliphatic rings. The third-order valence-corrected chi connectivity index (χ3v) is 5.90. The SMILES string of the molecule is CC[C@@H]1CCCN(c2cccc(-c3csc(NC(=O)CNC(=O)OC(C)(C)C)n3)c2)C1. The number of anilines is 2. The van der Waals surface area contributed by atoms with E-state index < -0.39 is 11.7 Å². The minimum absolute atomic E-state index is 0.174. The number of carbonyl (C=O) groups is 2. The summed E-state index contributed by atoms with van der Waals surface area (Å²) >= 11 is 1.36. The van der Waals surface area contributed by atoms with Crippen molar-refractivity contribution in [1.29, 1.82) is 0 Å². The molecule has 1 aromatic heterocycles. The second-order valence-electron chi connectivity index (χ2n) is 8.85. The molecule has 1 atom stereocenters. The van der Waals surface area contributed by atoms with E-state index in [2.05, 4.69) is 45.6 Å². The molecule has 2 aromatic rings. The highest BCUT2D eigenvalue weighted by atomic mass is 32.1. The van der Waals surface area contributed by atoms with Gasteiger partial charge in [0.2, 0.25) is 5.91 Å². The molecular formula is C23H32N4O3S. The van der Waals surface area contributed by atoms with Crippen LogP contribution >= 0.6 is 11.3 Å². The Morgan fingerprint density at radius 2 is 2.13 bits per heavy atom. The summed E-state index contributed by atoms with van der Waals surface area (Å²) in [6.07, 6.45) is 3.13. The number of carbonyl (C=O) groups excluding carboxylic acids is 2. The summed E-state index contributed by atoms with van der Waals surface area (Å²) in [4.78, 5) is 30.8. The van der Waals surface area contributed by atoms with Gasteiger partial charge in [0, 0.05) is 29.7 Å². The van der Waals surface area contributed by atoms with Crippen molar-refractivity contribution >= 4 is 34.2 Å². The molecule has 0 spiro atoms. The highest BCUT2D eigenvalue weighted by Crippen LogP contribution is 2.30. The van der Waals surface area contributed by atoms with Gasteiger partial charge in [-0.05, 0) is 51.7 Å². The van der Waals surface area contributed by atoms with Crippen LogP contribution in [0.25, 0.3) is 11.3 Å². The van der Waals surface area contributed by atoms with Crippen molar-refractivity contribution in [3.05, 3.63) is 29.6 Å². The van der Waals surface area contributed by atoms with Crippen molar-refractivity contribution in [2.45, 2.75) is 52.6 Å². The van der Waals surface area contributed by atoms with Gasteiger partial charge in [0.25, 0.3) is 0 Å². The highest BCUT2D eigenvalue weighted by Gasteiger charge is 2.20. The van der Waals surface area contributed by atoms with Gasteiger partial charge in [-0.1, -0.05) is 25.5 Å². The fraction of sp³-hybridized carbons (Fsp3) is 0.522. The van der Waals surface area contributed by atoms with Gasteiger partial charge < -0.3 is 20.3 Å². The Kier molecular flexibility index (Phi) is 7.54. The summed E-state index contributed by atoms with van der Waals surface area (Å²) in [7, 11) is 0. The molecular weight excluding hydrogens is 412 g/mol. The first-order chi connectivity index (χ1) is 14.7. The molecule has 2 amide bonds. The predicted octanol–water partition coefficient (Wildman–Crippen LogP) is 4.90. The molecule has 0 bridgehead atoms. The van der Waals surface area contributed by atoms with Crippen LogP contribution in [0.2, 0.25) is 0 Å². The number of thiazole rings is 1. The van der Waals surface area contributed by atoms with E-state index in [0.29, 0.717) is 5.13 Å². The first-order valence-corrected chi connectivity index (χ1v) is 11.7. The lowest BCUT2D eigenvalue weighted by atomic mass is 9.95. The van der Waals surface area contributed by atoms with Gasteiger partial charge in [0.1, 0.15) is 12.1 Å². The van der Waals surface area contributed by atoms with Gasteiger partial charge in [-0.2, -0.15) is 0 Å². The van der Waals surface area contributed by atoms with E-state index in [4.69, 9.17) is 4.74 Å². The van der Waals surface area contributed by atoms with Crippen LogP contribution in [0.5, 0.6) is 0 Å². The lowest BCUT2D eigenvalue weighted by molar-refractivity contribution is -0.115. The smallest absolute Gasteiger partial charge is 0.408 e. The first kappa shape index (κ1) is 23.1. The van der Waals surface area contributed by atoms with Gasteiger partial charge in [0.15, 0.2) is 5.13 Å². The normalized spacial score (nSPS) is 16.6. The number of ether oxygens (including phenoxy) is 1. The average molecular weight is 445 g/mol. The number of aromatic nitrogens is 1. The van der Waals surface area contributed by atoms with E-state index in [0.717, 1.165) is 30.3 Å². The number of piperidine rings is 1. The minimum atomic E-state index is -0.623. The number of nitrogens with zero attached hydrogens (tertiary/aromatic N) is 2.